The maximum Gasteiger partial charge on any atom is 0.351 e. The van der Waals surface area contributed by atoms with Gasteiger partial charge in [0.15, 0.2) is 12.4 Å². The Morgan fingerprint density at radius 2 is 2.16 bits per heavy atom. The fourth-order valence-electron chi connectivity index (χ4n) is 3.18. The van der Waals surface area contributed by atoms with Crippen LogP contribution in [0, 0.1) is 5.41 Å². The molecule has 4 N–H and O–H groups in total. The molecule has 2 rings (SSSR count). The van der Waals surface area contributed by atoms with Gasteiger partial charge in [-0.2, -0.15) is 4.98 Å². The second-order valence-electron chi connectivity index (χ2n) is 8.10. The fourth-order valence-corrected chi connectivity index (χ4v) is 4.59. The zero-order chi connectivity index (χ0) is 23.6. The number of aliphatic hydroxyl groups is 1. The first-order chi connectivity index (χ1) is 14.3. The van der Waals surface area contributed by atoms with E-state index in [9.17, 15) is 19.3 Å². The number of anilines is 1. The number of esters is 1. The molecule has 0 amide bonds. The quantitative estimate of drug-likeness (QED) is 0.353. The normalized spacial score (nSPS) is 29.0. The van der Waals surface area contributed by atoms with E-state index in [1.165, 1.54) is 32.8 Å². The van der Waals surface area contributed by atoms with Gasteiger partial charge in [-0.15, -0.1) is 0 Å². The summed E-state index contributed by atoms with van der Waals surface area (Å²) in [5.41, 5.74) is 3.20. The summed E-state index contributed by atoms with van der Waals surface area (Å²) in [5, 5.41) is 12.3. The van der Waals surface area contributed by atoms with Gasteiger partial charge in [-0.25, -0.2) is 14.3 Å². The molecule has 176 valence electrons. The average molecular weight is 464 g/mol. The summed E-state index contributed by atoms with van der Waals surface area (Å²) in [5.74, 6) is -0.634. The number of alkyl halides is 1. The van der Waals surface area contributed by atoms with Gasteiger partial charge < -0.3 is 24.8 Å². The first kappa shape index (κ1) is 25.4. The van der Waals surface area contributed by atoms with Crippen molar-refractivity contribution in [1.82, 2.24) is 14.6 Å². The Balaban J connectivity index is 2.14. The topological polar surface area (TPSA) is 155 Å². The molecular weight excluding hydrogens is 434 g/mol. The third-order valence-corrected chi connectivity index (χ3v) is 6.44. The summed E-state index contributed by atoms with van der Waals surface area (Å²) in [4.78, 5) is 27.6. The highest BCUT2D eigenvalue weighted by molar-refractivity contribution is 7.56. The highest BCUT2D eigenvalue weighted by Crippen LogP contribution is 2.49. The molecule has 6 atom stereocenters. The van der Waals surface area contributed by atoms with Crippen molar-refractivity contribution in [3.8, 4) is 0 Å². The molecule has 0 radical (unpaired) electrons. The van der Waals surface area contributed by atoms with Crippen molar-refractivity contribution in [3.63, 3.8) is 0 Å². The lowest BCUT2D eigenvalue weighted by Crippen LogP contribution is -2.42. The van der Waals surface area contributed by atoms with Crippen LogP contribution < -0.4 is 16.5 Å². The molecule has 0 spiro atoms. The van der Waals surface area contributed by atoms with Crippen LogP contribution in [-0.2, 0) is 23.4 Å². The molecule has 1 saturated heterocycles. The summed E-state index contributed by atoms with van der Waals surface area (Å²) >= 11 is 0. The van der Waals surface area contributed by atoms with Crippen LogP contribution in [0.2, 0.25) is 0 Å². The number of aromatic nitrogens is 2. The van der Waals surface area contributed by atoms with E-state index in [1.54, 1.807) is 13.8 Å². The van der Waals surface area contributed by atoms with E-state index >= 15 is 4.39 Å². The summed E-state index contributed by atoms with van der Waals surface area (Å²) < 4.78 is 45.3. The third kappa shape index (κ3) is 5.89. The number of ether oxygens (including phenoxy) is 2. The first-order valence-corrected chi connectivity index (χ1v) is 11.8. The number of hydrogen-bond donors (Lipinski definition) is 3. The summed E-state index contributed by atoms with van der Waals surface area (Å²) in [6, 6.07) is 0.396. The van der Waals surface area contributed by atoms with Crippen molar-refractivity contribution in [2.75, 3.05) is 25.6 Å². The second-order valence-corrected chi connectivity index (χ2v) is 10.3. The summed E-state index contributed by atoms with van der Waals surface area (Å²) in [7, 11) is -3.56. The van der Waals surface area contributed by atoms with Gasteiger partial charge in [-0.3, -0.25) is 13.9 Å². The molecule has 1 fully saturated rings. The van der Waals surface area contributed by atoms with E-state index in [2.05, 4.69) is 10.1 Å². The average Bonchev–Trinajstić information content (AvgIpc) is 2.91. The van der Waals surface area contributed by atoms with Gasteiger partial charge >= 0.3 is 11.7 Å². The van der Waals surface area contributed by atoms with Gasteiger partial charge in [-0.1, -0.05) is 6.92 Å². The number of nitrogens with one attached hydrogen (secondary N) is 1. The zero-order valence-electron chi connectivity index (χ0n) is 18.1. The SMILES string of the molecule is CC(C)OC(=O)[C@H](C)NP(C)(=O)OCC1(C)[C@@H](CO)O[C@H](n2ccc(N)nc2=O)[C@@H]1F. The predicted molar refractivity (Wildman–Crippen MR) is 110 cm³/mol. The van der Waals surface area contributed by atoms with Crippen molar-refractivity contribution >= 4 is 19.3 Å². The monoisotopic (exact) mass is 464 g/mol. The number of carbonyl (C=O) groups is 1. The zero-order valence-corrected chi connectivity index (χ0v) is 19.0. The number of rotatable bonds is 9. The van der Waals surface area contributed by atoms with Crippen LogP contribution in [-0.4, -0.2) is 64.9 Å². The van der Waals surface area contributed by atoms with Gasteiger partial charge in [-0.05, 0) is 26.8 Å². The summed E-state index contributed by atoms with van der Waals surface area (Å²) in [6.45, 7) is 6.55. The highest BCUT2D eigenvalue weighted by atomic mass is 31.2. The van der Waals surface area contributed by atoms with Gasteiger partial charge in [0.05, 0.1) is 30.8 Å². The van der Waals surface area contributed by atoms with E-state index in [-0.39, 0.29) is 11.9 Å². The molecule has 0 aliphatic carbocycles. The summed E-state index contributed by atoms with van der Waals surface area (Å²) in [6.07, 6.45) is -3.34. The molecule has 0 aromatic carbocycles. The molecule has 31 heavy (non-hydrogen) atoms. The number of aliphatic hydroxyl groups excluding tert-OH is 1. The Kier molecular flexibility index (Phi) is 7.99. The molecule has 2 heterocycles. The number of nitrogens with zero attached hydrogens (tertiary/aromatic N) is 2. The van der Waals surface area contributed by atoms with E-state index in [1.807, 2.05) is 0 Å². The molecule has 1 aliphatic heterocycles. The van der Waals surface area contributed by atoms with Crippen molar-refractivity contribution in [3.05, 3.63) is 22.7 Å². The van der Waals surface area contributed by atoms with Gasteiger partial charge in [0.2, 0.25) is 0 Å². The van der Waals surface area contributed by atoms with E-state index in [0.29, 0.717) is 0 Å². The van der Waals surface area contributed by atoms with Crippen LogP contribution in [0.1, 0.15) is 33.9 Å². The van der Waals surface area contributed by atoms with Crippen LogP contribution in [0.25, 0.3) is 0 Å². The molecule has 0 saturated carbocycles. The number of halogens is 1. The van der Waals surface area contributed by atoms with Crippen LogP contribution in [0.5, 0.6) is 0 Å². The van der Waals surface area contributed by atoms with Crippen molar-refractivity contribution in [1.29, 1.82) is 0 Å². The van der Waals surface area contributed by atoms with Crippen LogP contribution in [0.4, 0.5) is 10.2 Å². The minimum atomic E-state index is -3.56. The maximum atomic E-state index is 15.4. The molecule has 13 heteroatoms. The van der Waals surface area contributed by atoms with Crippen LogP contribution in [0.15, 0.2) is 17.1 Å². The third-order valence-electron chi connectivity index (χ3n) is 4.97. The molecule has 1 aliphatic rings. The Morgan fingerprint density at radius 1 is 1.52 bits per heavy atom. The molecule has 2 unspecified atom stereocenters. The van der Waals surface area contributed by atoms with Crippen molar-refractivity contribution in [2.45, 2.75) is 58.3 Å². The first-order valence-electron chi connectivity index (χ1n) is 9.76. The predicted octanol–water partition coefficient (Wildman–Crippen LogP) is 0.829. The molecule has 1 aromatic heterocycles. The van der Waals surface area contributed by atoms with Crippen LogP contribution >= 0.6 is 7.52 Å². The van der Waals surface area contributed by atoms with E-state index in [0.717, 1.165) is 4.57 Å². The van der Waals surface area contributed by atoms with E-state index < -0.39 is 62.4 Å². The lowest BCUT2D eigenvalue weighted by molar-refractivity contribution is -0.149. The van der Waals surface area contributed by atoms with Gasteiger partial charge in [0.1, 0.15) is 11.9 Å². The lowest BCUT2D eigenvalue weighted by atomic mass is 9.82. The Morgan fingerprint density at radius 3 is 2.71 bits per heavy atom. The second kappa shape index (κ2) is 9.74. The van der Waals surface area contributed by atoms with Gasteiger partial charge in [0, 0.05) is 12.9 Å². The molecule has 1 aromatic rings. The van der Waals surface area contributed by atoms with Gasteiger partial charge in [0.25, 0.3) is 7.52 Å². The number of hydrogen-bond acceptors (Lipinski definition) is 9. The molecular formula is C18H30FN4O7P. The molecule has 0 bridgehead atoms. The smallest absolute Gasteiger partial charge is 0.351 e. The highest BCUT2D eigenvalue weighted by Gasteiger charge is 2.56. The minimum absolute atomic E-state index is 0.0254. The number of nitrogens with two attached hydrogens (primary N) is 1. The largest absolute Gasteiger partial charge is 0.462 e. The number of carbonyl (C=O) groups excluding carboxylic acids is 1. The van der Waals surface area contributed by atoms with Crippen molar-refractivity contribution < 1.29 is 32.9 Å². The van der Waals surface area contributed by atoms with Crippen LogP contribution in [0.3, 0.4) is 0 Å². The fraction of sp³-hybridized carbons (Fsp3) is 0.722. The Bertz CT molecular complexity index is 898. The Labute approximate surface area is 179 Å². The van der Waals surface area contributed by atoms with E-state index in [4.69, 9.17) is 19.7 Å². The molecule has 11 nitrogen and oxygen atoms in total. The Hall–Kier alpha value is -1.85. The van der Waals surface area contributed by atoms with Crippen molar-refractivity contribution in [2.24, 2.45) is 5.41 Å². The lowest BCUT2D eigenvalue weighted by Gasteiger charge is -2.31. The number of nitrogen functional groups attached to an aromatic ring is 1. The maximum absolute atomic E-state index is 15.4. The minimum Gasteiger partial charge on any atom is -0.462 e. The standard InChI is InChI=1S/C18H30FN4O7P/c1-10(2)29-16(25)11(3)22-31(5,27)28-9-18(4)12(8-24)30-15(14(18)19)23-7-6-13(20)21-17(23)26/h6-7,10-12,14-15,24H,8-9H2,1-5H3,(H,22,27)(H2,20,21,26)/t11-,12+,14-,15-,18?,31?/m0/s1.